The summed E-state index contributed by atoms with van der Waals surface area (Å²) >= 11 is 0. The molecule has 12 nitrogen and oxygen atoms in total. The Kier molecular flexibility index (Phi) is 8.89. The van der Waals surface area contributed by atoms with E-state index in [1.54, 1.807) is 13.0 Å². The number of aryl methyl sites for hydroxylation is 1. The van der Waals surface area contributed by atoms with Crippen molar-refractivity contribution < 1.29 is 22.4 Å². The fourth-order valence-corrected chi connectivity index (χ4v) is 4.40. The van der Waals surface area contributed by atoms with Gasteiger partial charge in [0, 0.05) is 38.1 Å². The van der Waals surface area contributed by atoms with E-state index >= 15 is 0 Å². The van der Waals surface area contributed by atoms with Crippen LogP contribution in [0.4, 0.5) is 17.5 Å². The van der Waals surface area contributed by atoms with Gasteiger partial charge in [0.15, 0.2) is 26.5 Å². The molecule has 37 heavy (non-hydrogen) atoms. The van der Waals surface area contributed by atoms with Crippen molar-refractivity contribution in [2.45, 2.75) is 64.5 Å². The minimum Gasteiger partial charge on any atom is -0.489 e. The second-order valence-electron chi connectivity index (χ2n) is 8.79. The predicted molar refractivity (Wildman–Crippen MR) is 140 cm³/mol. The maximum Gasteiger partial charge on any atom is 0.324 e. The smallest absolute Gasteiger partial charge is 0.324 e. The summed E-state index contributed by atoms with van der Waals surface area (Å²) in [5.41, 5.74) is 1.10. The van der Waals surface area contributed by atoms with Gasteiger partial charge in [-0.05, 0) is 25.5 Å². The van der Waals surface area contributed by atoms with E-state index < -0.39 is 9.84 Å². The number of rotatable bonds is 9. The minimum absolute atomic E-state index is 0. The molecule has 13 heteroatoms. The fourth-order valence-electron chi connectivity index (χ4n) is 3.78. The highest BCUT2D eigenvalue weighted by molar-refractivity contribution is 7.90. The normalized spacial score (nSPS) is 15.1. The number of sulfone groups is 1. The van der Waals surface area contributed by atoms with E-state index in [-0.39, 0.29) is 24.5 Å². The molecule has 0 spiro atoms. The lowest BCUT2D eigenvalue weighted by atomic mass is 10.1. The van der Waals surface area contributed by atoms with Gasteiger partial charge < -0.3 is 24.2 Å². The van der Waals surface area contributed by atoms with Crippen LogP contribution in [0.3, 0.4) is 0 Å². The molecule has 1 unspecified atom stereocenters. The molecule has 0 radical (unpaired) electrons. The molecule has 1 fully saturated rings. The summed E-state index contributed by atoms with van der Waals surface area (Å²) in [6.45, 7) is 7.31. The Morgan fingerprint density at radius 2 is 1.95 bits per heavy atom. The van der Waals surface area contributed by atoms with Gasteiger partial charge in [0.25, 0.3) is 5.88 Å². The summed E-state index contributed by atoms with van der Waals surface area (Å²) in [4.78, 5) is 19.3. The summed E-state index contributed by atoms with van der Waals surface area (Å²) in [5.74, 6) is 2.05. The van der Waals surface area contributed by atoms with Crippen molar-refractivity contribution in [3.8, 4) is 11.6 Å². The first-order valence-electron chi connectivity index (χ1n) is 11.8. The monoisotopic (exact) mass is 533 g/mol. The third-order valence-electron chi connectivity index (χ3n) is 6.14. The highest BCUT2D eigenvalue weighted by atomic mass is 32.2. The van der Waals surface area contributed by atoms with E-state index in [0.717, 1.165) is 31.3 Å². The lowest BCUT2D eigenvalue weighted by molar-refractivity contribution is 0.155. The van der Waals surface area contributed by atoms with Crippen LogP contribution in [0.1, 0.15) is 58.0 Å². The Morgan fingerprint density at radius 3 is 2.57 bits per heavy atom. The number of piperidine rings is 1. The van der Waals surface area contributed by atoms with Gasteiger partial charge in [-0.15, -0.1) is 0 Å². The van der Waals surface area contributed by atoms with Gasteiger partial charge in [-0.1, -0.05) is 26.4 Å². The zero-order valence-corrected chi connectivity index (χ0v) is 21.9. The van der Waals surface area contributed by atoms with Crippen LogP contribution >= 0.6 is 0 Å². The maximum absolute atomic E-state index is 11.8. The van der Waals surface area contributed by atoms with Crippen LogP contribution in [-0.4, -0.2) is 66.1 Å². The van der Waals surface area contributed by atoms with E-state index in [0.29, 0.717) is 47.9 Å². The van der Waals surface area contributed by atoms with Crippen molar-refractivity contribution in [1.82, 2.24) is 25.1 Å². The zero-order valence-electron chi connectivity index (χ0n) is 21.1. The average molecular weight is 534 g/mol. The molecule has 202 valence electrons. The second-order valence-corrected chi connectivity index (χ2v) is 10.8. The summed E-state index contributed by atoms with van der Waals surface area (Å²) in [6, 6.07) is 3.63. The lowest BCUT2D eigenvalue weighted by Crippen LogP contribution is -2.38. The third-order valence-corrected chi connectivity index (χ3v) is 7.13. The van der Waals surface area contributed by atoms with E-state index in [1.165, 1.54) is 19.5 Å². The van der Waals surface area contributed by atoms with Crippen LogP contribution in [0.25, 0.3) is 0 Å². The van der Waals surface area contributed by atoms with Gasteiger partial charge in [-0.3, -0.25) is 0 Å². The van der Waals surface area contributed by atoms with Gasteiger partial charge in [0.05, 0.1) is 18.5 Å². The van der Waals surface area contributed by atoms with Crippen molar-refractivity contribution >= 4 is 27.4 Å². The number of nitrogens with zero attached hydrogens (tertiary/aromatic N) is 6. The van der Waals surface area contributed by atoms with Gasteiger partial charge in [-0.2, -0.15) is 9.97 Å². The van der Waals surface area contributed by atoms with Crippen LogP contribution in [0.5, 0.6) is 11.6 Å². The zero-order chi connectivity index (χ0) is 25.9. The van der Waals surface area contributed by atoms with Crippen LogP contribution in [0, 0.1) is 6.92 Å². The van der Waals surface area contributed by atoms with E-state index in [4.69, 9.17) is 14.0 Å². The van der Waals surface area contributed by atoms with Crippen molar-refractivity contribution in [2.75, 3.05) is 36.7 Å². The minimum atomic E-state index is -3.40. The molecule has 0 amide bonds. The molecule has 0 bridgehead atoms. The van der Waals surface area contributed by atoms with E-state index in [9.17, 15) is 8.42 Å². The Hall–Kier alpha value is -3.48. The Balaban J connectivity index is 0.00000380. The summed E-state index contributed by atoms with van der Waals surface area (Å²) in [6.07, 6.45) is 4.87. The summed E-state index contributed by atoms with van der Waals surface area (Å²) in [5, 5.41) is 7.25. The number of ether oxygens (including phenoxy) is 2. The molecule has 4 rings (SSSR count). The number of pyridine rings is 1. The van der Waals surface area contributed by atoms with Crippen molar-refractivity contribution in [3.05, 3.63) is 30.0 Å². The molecule has 1 N–H and O–H groups in total. The Bertz CT molecular complexity index is 1310. The van der Waals surface area contributed by atoms with Crippen LogP contribution in [-0.2, 0) is 9.84 Å². The third kappa shape index (κ3) is 6.45. The van der Waals surface area contributed by atoms with Crippen LogP contribution in [0.15, 0.2) is 28.0 Å². The fraction of sp³-hybridized carbons (Fsp3) is 0.542. The Labute approximate surface area is 217 Å². The highest BCUT2D eigenvalue weighted by Gasteiger charge is 2.27. The molecular weight excluding hydrogens is 498 g/mol. The molecule has 1 aliphatic rings. The van der Waals surface area contributed by atoms with Crippen LogP contribution < -0.4 is 19.7 Å². The molecule has 0 saturated carbocycles. The summed E-state index contributed by atoms with van der Waals surface area (Å²) < 4.78 is 40.8. The quantitative estimate of drug-likeness (QED) is 0.425. The first kappa shape index (κ1) is 28.1. The summed E-state index contributed by atoms with van der Waals surface area (Å²) in [7, 11) is -1.89. The predicted octanol–water partition coefficient (Wildman–Crippen LogP) is 3.92. The molecule has 0 aromatic carbocycles. The van der Waals surface area contributed by atoms with Crippen LogP contribution in [0.2, 0.25) is 0 Å². The number of aromatic nitrogens is 5. The average Bonchev–Trinajstić information content (AvgIpc) is 3.35. The molecule has 1 aliphatic heterocycles. The van der Waals surface area contributed by atoms with Crippen molar-refractivity contribution in [2.24, 2.45) is 0 Å². The first-order valence-corrected chi connectivity index (χ1v) is 13.7. The van der Waals surface area contributed by atoms with Gasteiger partial charge in [0.2, 0.25) is 5.75 Å². The van der Waals surface area contributed by atoms with Crippen molar-refractivity contribution in [1.29, 1.82) is 0 Å². The number of hydrogen-bond donors (Lipinski definition) is 1. The van der Waals surface area contributed by atoms with Gasteiger partial charge in [0.1, 0.15) is 12.4 Å². The number of nitrogens with one attached hydrogen (secondary N) is 1. The standard InChI is InChI=1S/C23H31N7O5S.CH4/c1-6-14(2)20-28-23(35-29-20)30-11-9-16(10-12-30)34-22-19(33-4)21(24-13-25-22)27-17-7-8-18(26-15(17)3)36(5,31)32;/h7-8,13-14,16H,6,9-12H2,1-5H3,(H,24,25,27);1H4. The topological polar surface area (TPSA) is 145 Å². The first-order chi connectivity index (χ1) is 17.2. The molecule has 1 atom stereocenters. The Morgan fingerprint density at radius 1 is 1.22 bits per heavy atom. The second kappa shape index (κ2) is 11.7. The molecular formula is C24H35N7O5S. The number of hydrogen-bond acceptors (Lipinski definition) is 12. The lowest BCUT2D eigenvalue weighted by Gasteiger charge is -2.30. The van der Waals surface area contributed by atoms with E-state index in [2.05, 4.69) is 49.2 Å². The largest absolute Gasteiger partial charge is 0.489 e. The molecule has 3 aromatic heterocycles. The van der Waals surface area contributed by atoms with Gasteiger partial charge in [-0.25, -0.2) is 18.4 Å². The molecule has 1 saturated heterocycles. The van der Waals surface area contributed by atoms with E-state index in [1.807, 2.05) is 0 Å². The highest BCUT2D eigenvalue weighted by Crippen LogP contribution is 2.35. The maximum atomic E-state index is 11.8. The SMILES string of the molecule is C.CCC(C)c1noc(N2CCC(Oc3ncnc(Nc4ccc(S(C)(=O)=O)nc4C)c3OC)CC2)n1. The molecule has 3 aromatic rings. The molecule has 4 heterocycles. The van der Waals surface area contributed by atoms with Gasteiger partial charge >= 0.3 is 6.01 Å². The number of methoxy groups -OCH3 is 1. The number of anilines is 3. The van der Waals surface area contributed by atoms with Crippen molar-refractivity contribution in [3.63, 3.8) is 0 Å². The molecule has 0 aliphatic carbocycles.